The Morgan fingerprint density at radius 3 is 2.50 bits per heavy atom. The van der Waals surface area contributed by atoms with Crippen molar-refractivity contribution in [1.29, 1.82) is 0 Å². The Morgan fingerprint density at radius 1 is 1.07 bits per heavy atom. The van der Waals surface area contributed by atoms with Gasteiger partial charge in [0.15, 0.2) is 0 Å². The lowest BCUT2D eigenvalue weighted by atomic mass is 10.1. The summed E-state index contributed by atoms with van der Waals surface area (Å²) in [6.45, 7) is 4.64. The standard InChI is InChI=1S/C21H21ClN4O2/c1-14(19-23-18-9-5-3-7-16(18)20(27)24-19)25-10-12-26(13-11-25)21(28)15-6-2-4-8-17(15)22/h2-9,14H,10-13H2,1H3,(H,23,24,27)/t14-/m1/s1. The summed E-state index contributed by atoms with van der Waals surface area (Å²) in [5, 5.41) is 1.06. The molecule has 1 aromatic heterocycles. The van der Waals surface area contributed by atoms with Crippen molar-refractivity contribution in [1.82, 2.24) is 19.8 Å². The van der Waals surface area contributed by atoms with E-state index in [9.17, 15) is 9.59 Å². The average molecular weight is 397 g/mol. The van der Waals surface area contributed by atoms with Crippen LogP contribution >= 0.6 is 11.6 Å². The minimum atomic E-state index is -0.125. The molecule has 2 heterocycles. The van der Waals surface area contributed by atoms with Crippen LogP contribution in [0.2, 0.25) is 5.02 Å². The number of carbonyl (C=O) groups excluding carboxylic acids is 1. The number of aromatic nitrogens is 2. The summed E-state index contributed by atoms with van der Waals surface area (Å²) in [6, 6.07) is 14.4. The number of H-pyrrole nitrogens is 1. The molecule has 0 aliphatic carbocycles. The van der Waals surface area contributed by atoms with Crippen molar-refractivity contribution in [3.63, 3.8) is 0 Å². The van der Waals surface area contributed by atoms with Gasteiger partial charge in [0.2, 0.25) is 0 Å². The van der Waals surface area contributed by atoms with E-state index < -0.39 is 0 Å². The molecule has 3 aromatic rings. The molecule has 1 aliphatic rings. The fourth-order valence-electron chi connectivity index (χ4n) is 3.59. The van der Waals surface area contributed by atoms with Crippen LogP contribution < -0.4 is 5.56 Å². The van der Waals surface area contributed by atoms with Gasteiger partial charge in [-0.25, -0.2) is 4.98 Å². The number of nitrogens with zero attached hydrogens (tertiary/aromatic N) is 3. The maximum absolute atomic E-state index is 12.7. The zero-order valence-corrected chi connectivity index (χ0v) is 16.3. The van der Waals surface area contributed by atoms with Crippen molar-refractivity contribution in [3.05, 3.63) is 75.3 Å². The van der Waals surface area contributed by atoms with Crippen LogP contribution in [0, 0.1) is 0 Å². The minimum absolute atomic E-state index is 0.0462. The van der Waals surface area contributed by atoms with Crippen molar-refractivity contribution in [2.24, 2.45) is 0 Å². The second-order valence-electron chi connectivity index (χ2n) is 6.95. The molecule has 1 aliphatic heterocycles. The number of fused-ring (bicyclic) bond motifs is 1. The van der Waals surface area contributed by atoms with Crippen LogP contribution in [-0.2, 0) is 0 Å². The Kier molecular flexibility index (Phi) is 5.15. The van der Waals surface area contributed by atoms with E-state index in [0.29, 0.717) is 53.5 Å². The van der Waals surface area contributed by atoms with Gasteiger partial charge in [-0.15, -0.1) is 0 Å². The summed E-state index contributed by atoms with van der Waals surface area (Å²) in [7, 11) is 0. The van der Waals surface area contributed by atoms with Crippen LogP contribution in [0.25, 0.3) is 10.9 Å². The van der Waals surface area contributed by atoms with Gasteiger partial charge in [0.05, 0.1) is 27.5 Å². The summed E-state index contributed by atoms with van der Waals surface area (Å²) < 4.78 is 0. The highest BCUT2D eigenvalue weighted by atomic mass is 35.5. The number of amides is 1. The zero-order chi connectivity index (χ0) is 19.7. The molecule has 0 unspecified atom stereocenters. The van der Waals surface area contributed by atoms with E-state index in [1.807, 2.05) is 42.2 Å². The molecule has 1 amide bonds. The Balaban J connectivity index is 1.47. The number of benzene rings is 2. The minimum Gasteiger partial charge on any atom is -0.336 e. The second kappa shape index (κ2) is 7.73. The van der Waals surface area contributed by atoms with E-state index in [0.717, 1.165) is 0 Å². The van der Waals surface area contributed by atoms with Gasteiger partial charge in [0, 0.05) is 26.2 Å². The zero-order valence-electron chi connectivity index (χ0n) is 15.6. The van der Waals surface area contributed by atoms with E-state index in [1.165, 1.54) is 0 Å². The van der Waals surface area contributed by atoms with E-state index in [1.54, 1.807) is 18.2 Å². The molecule has 1 atom stereocenters. The Bertz CT molecular complexity index is 1070. The maximum Gasteiger partial charge on any atom is 0.258 e. The topological polar surface area (TPSA) is 69.3 Å². The first kappa shape index (κ1) is 18.7. The first-order valence-electron chi connectivity index (χ1n) is 9.31. The predicted molar refractivity (Wildman–Crippen MR) is 110 cm³/mol. The van der Waals surface area contributed by atoms with E-state index >= 15 is 0 Å². The SMILES string of the molecule is C[C@H](c1nc2ccccc2c(=O)[nH]1)N1CCN(C(=O)c2ccccc2Cl)CC1. The molecule has 7 heteroatoms. The van der Waals surface area contributed by atoms with Gasteiger partial charge < -0.3 is 9.88 Å². The van der Waals surface area contributed by atoms with Gasteiger partial charge in [0.25, 0.3) is 11.5 Å². The molecular weight excluding hydrogens is 376 g/mol. The lowest BCUT2D eigenvalue weighted by molar-refractivity contribution is 0.0575. The fourth-order valence-corrected chi connectivity index (χ4v) is 3.81. The Labute approximate surface area is 167 Å². The summed E-state index contributed by atoms with van der Waals surface area (Å²) in [6.07, 6.45) is 0. The number of carbonyl (C=O) groups is 1. The Hall–Kier alpha value is -2.70. The first-order valence-corrected chi connectivity index (χ1v) is 9.69. The van der Waals surface area contributed by atoms with Crippen LogP contribution in [0.5, 0.6) is 0 Å². The number of halogens is 1. The third kappa shape index (κ3) is 3.53. The summed E-state index contributed by atoms with van der Waals surface area (Å²) in [5.41, 5.74) is 1.10. The van der Waals surface area contributed by atoms with E-state index in [-0.39, 0.29) is 17.5 Å². The third-order valence-electron chi connectivity index (χ3n) is 5.28. The molecule has 1 N–H and O–H groups in total. The lowest BCUT2D eigenvalue weighted by Gasteiger charge is -2.37. The van der Waals surface area contributed by atoms with Gasteiger partial charge in [-0.2, -0.15) is 0 Å². The number of aromatic amines is 1. The summed E-state index contributed by atoms with van der Waals surface area (Å²) in [4.78, 5) is 36.6. The third-order valence-corrected chi connectivity index (χ3v) is 5.61. The lowest BCUT2D eigenvalue weighted by Crippen LogP contribution is -2.49. The fraction of sp³-hybridized carbons (Fsp3) is 0.286. The van der Waals surface area contributed by atoms with Crippen molar-refractivity contribution in [3.8, 4) is 0 Å². The highest BCUT2D eigenvalue weighted by Gasteiger charge is 2.27. The highest BCUT2D eigenvalue weighted by molar-refractivity contribution is 6.33. The van der Waals surface area contributed by atoms with Crippen molar-refractivity contribution >= 4 is 28.4 Å². The molecule has 0 radical (unpaired) electrons. The molecule has 4 rings (SSSR count). The van der Waals surface area contributed by atoms with Crippen molar-refractivity contribution < 1.29 is 4.79 Å². The largest absolute Gasteiger partial charge is 0.336 e. The molecule has 28 heavy (non-hydrogen) atoms. The monoisotopic (exact) mass is 396 g/mol. The molecule has 1 saturated heterocycles. The number of rotatable bonds is 3. The van der Waals surface area contributed by atoms with Gasteiger partial charge >= 0.3 is 0 Å². The molecule has 0 bridgehead atoms. The number of hydrogen-bond acceptors (Lipinski definition) is 4. The predicted octanol–water partition coefficient (Wildman–Crippen LogP) is 3.10. The average Bonchev–Trinajstić information content (AvgIpc) is 2.73. The quantitative estimate of drug-likeness (QED) is 0.738. The van der Waals surface area contributed by atoms with Crippen LogP contribution in [0.3, 0.4) is 0 Å². The molecule has 144 valence electrons. The van der Waals surface area contributed by atoms with Crippen LogP contribution in [0.4, 0.5) is 0 Å². The van der Waals surface area contributed by atoms with Gasteiger partial charge in [-0.05, 0) is 31.2 Å². The van der Waals surface area contributed by atoms with Crippen molar-refractivity contribution in [2.45, 2.75) is 13.0 Å². The van der Waals surface area contributed by atoms with E-state index in [2.05, 4.69) is 14.9 Å². The Morgan fingerprint density at radius 2 is 1.75 bits per heavy atom. The number of nitrogens with one attached hydrogen (secondary N) is 1. The van der Waals surface area contributed by atoms with Gasteiger partial charge in [-0.1, -0.05) is 35.9 Å². The van der Waals surface area contributed by atoms with Crippen LogP contribution in [0.15, 0.2) is 53.3 Å². The molecule has 0 spiro atoms. The summed E-state index contributed by atoms with van der Waals surface area (Å²) in [5.74, 6) is 0.602. The molecule has 1 fully saturated rings. The van der Waals surface area contributed by atoms with Gasteiger partial charge in [0.1, 0.15) is 5.82 Å². The number of hydrogen-bond donors (Lipinski definition) is 1. The molecular formula is C21H21ClN4O2. The normalized spacial score (nSPS) is 16.3. The molecule has 6 nitrogen and oxygen atoms in total. The van der Waals surface area contributed by atoms with Crippen LogP contribution in [-0.4, -0.2) is 51.9 Å². The van der Waals surface area contributed by atoms with Crippen molar-refractivity contribution in [2.75, 3.05) is 26.2 Å². The molecule has 0 saturated carbocycles. The smallest absolute Gasteiger partial charge is 0.258 e. The first-order chi connectivity index (χ1) is 13.5. The number of piperazine rings is 1. The number of para-hydroxylation sites is 1. The maximum atomic E-state index is 12.7. The second-order valence-corrected chi connectivity index (χ2v) is 7.36. The van der Waals surface area contributed by atoms with Gasteiger partial charge in [-0.3, -0.25) is 14.5 Å². The highest BCUT2D eigenvalue weighted by Crippen LogP contribution is 2.22. The molecule has 2 aromatic carbocycles. The van der Waals surface area contributed by atoms with Crippen LogP contribution in [0.1, 0.15) is 29.1 Å². The summed E-state index contributed by atoms with van der Waals surface area (Å²) >= 11 is 6.16. The van der Waals surface area contributed by atoms with E-state index in [4.69, 9.17) is 11.6 Å².